The van der Waals surface area contributed by atoms with E-state index in [1.165, 1.54) is 11.8 Å². The molecule has 3 heterocycles. The Bertz CT molecular complexity index is 1050. The molecule has 1 saturated heterocycles. The summed E-state index contributed by atoms with van der Waals surface area (Å²) >= 11 is 0. The molecule has 1 aliphatic heterocycles. The molecule has 1 unspecified atom stereocenters. The molecule has 3 aromatic rings. The van der Waals surface area contributed by atoms with Gasteiger partial charge >= 0.3 is 0 Å². The van der Waals surface area contributed by atoms with E-state index in [9.17, 15) is 9.59 Å². The SMILES string of the molecule is Cc1ccc(-c2noc(C(C)N3CCN(C(=O)CCCNC(=O)c4ccco4)CC3)n2)cc1. The van der Waals surface area contributed by atoms with Crippen LogP contribution in [0, 0.1) is 6.92 Å². The van der Waals surface area contributed by atoms with Gasteiger partial charge in [-0.25, -0.2) is 0 Å². The van der Waals surface area contributed by atoms with Crippen LogP contribution in [0.3, 0.4) is 0 Å². The molecule has 1 atom stereocenters. The molecule has 1 aliphatic rings. The number of carbonyl (C=O) groups is 2. The van der Waals surface area contributed by atoms with Crippen LogP contribution < -0.4 is 5.32 Å². The van der Waals surface area contributed by atoms with E-state index in [0.717, 1.165) is 18.7 Å². The van der Waals surface area contributed by atoms with E-state index < -0.39 is 0 Å². The maximum atomic E-state index is 12.5. The summed E-state index contributed by atoms with van der Waals surface area (Å²) in [6.45, 7) is 7.31. The van der Waals surface area contributed by atoms with Crippen molar-refractivity contribution in [3.8, 4) is 11.4 Å². The summed E-state index contributed by atoms with van der Waals surface area (Å²) in [5.41, 5.74) is 2.11. The molecular weight excluding hydrogens is 422 g/mol. The predicted molar refractivity (Wildman–Crippen MR) is 121 cm³/mol. The molecule has 1 N–H and O–H groups in total. The number of benzene rings is 1. The van der Waals surface area contributed by atoms with Gasteiger partial charge in [0.25, 0.3) is 5.91 Å². The lowest BCUT2D eigenvalue weighted by Crippen LogP contribution is -2.49. The molecule has 0 aliphatic carbocycles. The Morgan fingerprint density at radius 2 is 1.88 bits per heavy atom. The normalized spacial score (nSPS) is 15.4. The van der Waals surface area contributed by atoms with Gasteiger partial charge in [-0.15, -0.1) is 0 Å². The maximum absolute atomic E-state index is 12.5. The standard InChI is InChI=1S/C24H29N5O4/c1-17-7-9-19(10-8-17)22-26-24(33-27-22)18(2)28-12-14-29(15-13-28)21(30)6-3-11-25-23(31)20-5-4-16-32-20/h4-5,7-10,16,18H,3,6,11-15H2,1-2H3,(H,25,31). The molecular formula is C24H29N5O4. The van der Waals surface area contributed by atoms with Crippen molar-refractivity contribution in [3.05, 3.63) is 59.9 Å². The Morgan fingerprint density at radius 3 is 2.58 bits per heavy atom. The van der Waals surface area contributed by atoms with Gasteiger partial charge in [0.1, 0.15) is 0 Å². The van der Waals surface area contributed by atoms with Crippen LogP contribution >= 0.6 is 0 Å². The number of rotatable bonds is 8. The average molecular weight is 452 g/mol. The number of nitrogens with one attached hydrogen (secondary N) is 1. The second-order valence-electron chi connectivity index (χ2n) is 8.25. The topological polar surface area (TPSA) is 105 Å². The highest BCUT2D eigenvalue weighted by Gasteiger charge is 2.27. The van der Waals surface area contributed by atoms with E-state index in [1.807, 2.05) is 43.0 Å². The van der Waals surface area contributed by atoms with E-state index in [2.05, 4.69) is 20.4 Å². The Morgan fingerprint density at radius 1 is 1.12 bits per heavy atom. The minimum atomic E-state index is -0.262. The molecule has 1 fully saturated rings. The number of hydrogen-bond acceptors (Lipinski definition) is 7. The molecule has 0 saturated carbocycles. The summed E-state index contributed by atoms with van der Waals surface area (Å²) < 4.78 is 10.6. The Labute approximate surface area is 192 Å². The second-order valence-corrected chi connectivity index (χ2v) is 8.25. The van der Waals surface area contributed by atoms with Crippen molar-refractivity contribution in [1.82, 2.24) is 25.3 Å². The van der Waals surface area contributed by atoms with Crippen molar-refractivity contribution >= 4 is 11.8 Å². The molecule has 174 valence electrons. The molecule has 4 rings (SSSR count). The predicted octanol–water partition coefficient (Wildman–Crippen LogP) is 3.05. The largest absolute Gasteiger partial charge is 0.459 e. The lowest BCUT2D eigenvalue weighted by Gasteiger charge is -2.36. The van der Waals surface area contributed by atoms with Crippen LogP contribution in [0.15, 0.2) is 51.6 Å². The summed E-state index contributed by atoms with van der Waals surface area (Å²) in [6, 6.07) is 11.3. The van der Waals surface area contributed by atoms with Gasteiger partial charge in [-0.05, 0) is 32.4 Å². The van der Waals surface area contributed by atoms with Crippen molar-refractivity contribution in [3.63, 3.8) is 0 Å². The van der Waals surface area contributed by atoms with Crippen LogP contribution in [0.5, 0.6) is 0 Å². The minimum Gasteiger partial charge on any atom is -0.459 e. The molecule has 0 spiro atoms. The van der Waals surface area contributed by atoms with Crippen molar-refractivity contribution < 1.29 is 18.5 Å². The first-order chi connectivity index (χ1) is 16.0. The molecule has 1 aromatic carbocycles. The fourth-order valence-corrected chi connectivity index (χ4v) is 3.83. The summed E-state index contributed by atoms with van der Waals surface area (Å²) in [7, 11) is 0. The van der Waals surface area contributed by atoms with Gasteiger partial charge < -0.3 is 19.2 Å². The van der Waals surface area contributed by atoms with Gasteiger partial charge in [0.2, 0.25) is 17.6 Å². The number of hydrogen-bond donors (Lipinski definition) is 1. The third-order valence-corrected chi connectivity index (χ3v) is 5.92. The highest BCUT2D eigenvalue weighted by atomic mass is 16.5. The summed E-state index contributed by atoms with van der Waals surface area (Å²) in [6.07, 6.45) is 2.45. The average Bonchev–Trinajstić information content (AvgIpc) is 3.54. The van der Waals surface area contributed by atoms with Gasteiger partial charge in [0.15, 0.2) is 5.76 Å². The van der Waals surface area contributed by atoms with Crippen LogP contribution in [0.4, 0.5) is 0 Å². The highest BCUT2D eigenvalue weighted by molar-refractivity contribution is 5.91. The second kappa shape index (κ2) is 10.4. The third kappa shape index (κ3) is 5.67. The van der Waals surface area contributed by atoms with Crippen molar-refractivity contribution in [2.75, 3.05) is 32.7 Å². The fraction of sp³-hybridized carbons (Fsp3) is 0.417. The molecule has 0 radical (unpaired) electrons. The van der Waals surface area contributed by atoms with E-state index in [0.29, 0.717) is 44.2 Å². The summed E-state index contributed by atoms with van der Waals surface area (Å²) in [5, 5.41) is 6.90. The summed E-state index contributed by atoms with van der Waals surface area (Å²) in [5.74, 6) is 1.29. The monoisotopic (exact) mass is 451 g/mol. The van der Waals surface area contributed by atoms with Crippen LogP contribution in [0.1, 0.15) is 47.8 Å². The zero-order valence-corrected chi connectivity index (χ0v) is 19.0. The van der Waals surface area contributed by atoms with Gasteiger partial charge in [0.05, 0.1) is 12.3 Å². The number of aromatic nitrogens is 2. The van der Waals surface area contributed by atoms with Gasteiger partial charge in [-0.3, -0.25) is 14.5 Å². The molecule has 0 bridgehead atoms. The quantitative estimate of drug-likeness (QED) is 0.525. The molecule has 9 heteroatoms. The smallest absolute Gasteiger partial charge is 0.286 e. The maximum Gasteiger partial charge on any atom is 0.286 e. The van der Waals surface area contributed by atoms with Gasteiger partial charge in [-0.1, -0.05) is 35.0 Å². The number of carbonyl (C=O) groups excluding carboxylic acids is 2. The first-order valence-corrected chi connectivity index (χ1v) is 11.3. The number of aryl methyl sites for hydroxylation is 1. The van der Waals surface area contributed by atoms with E-state index in [-0.39, 0.29) is 23.6 Å². The number of nitrogens with zero attached hydrogens (tertiary/aromatic N) is 4. The molecule has 2 amide bonds. The van der Waals surface area contributed by atoms with Gasteiger partial charge in [0, 0.05) is 44.7 Å². The highest BCUT2D eigenvalue weighted by Crippen LogP contribution is 2.24. The first kappa shape index (κ1) is 22.7. The van der Waals surface area contributed by atoms with Crippen molar-refractivity contribution in [1.29, 1.82) is 0 Å². The van der Waals surface area contributed by atoms with E-state index in [1.54, 1.807) is 12.1 Å². The zero-order chi connectivity index (χ0) is 23.2. The van der Waals surface area contributed by atoms with E-state index in [4.69, 9.17) is 8.94 Å². The lowest BCUT2D eigenvalue weighted by molar-refractivity contribution is -0.133. The molecule has 33 heavy (non-hydrogen) atoms. The Balaban J connectivity index is 1.20. The fourth-order valence-electron chi connectivity index (χ4n) is 3.83. The van der Waals surface area contributed by atoms with Crippen molar-refractivity contribution in [2.24, 2.45) is 0 Å². The molecule has 2 aromatic heterocycles. The minimum absolute atomic E-state index is 0.0224. The van der Waals surface area contributed by atoms with Gasteiger partial charge in [-0.2, -0.15) is 4.98 Å². The lowest BCUT2D eigenvalue weighted by atomic mass is 10.1. The van der Waals surface area contributed by atoms with Crippen molar-refractivity contribution in [2.45, 2.75) is 32.7 Å². The Hall–Kier alpha value is -3.46. The van der Waals surface area contributed by atoms with Crippen LogP contribution in [0.25, 0.3) is 11.4 Å². The Kier molecular flexibility index (Phi) is 7.19. The van der Waals surface area contributed by atoms with Crippen LogP contribution in [0.2, 0.25) is 0 Å². The number of amides is 2. The number of furan rings is 1. The van der Waals surface area contributed by atoms with Crippen LogP contribution in [-0.2, 0) is 4.79 Å². The molecule has 9 nitrogen and oxygen atoms in total. The zero-order valence-electron chi connectivity index (χ0n) is 19.0. The third-order valence-electron chi connectivity index (χ3n) is 5.92. The summed E-state index contributed by atoms with van der Waals surface area (Å²) in [4.78, 5) is 33.1. The van der Waals surface area contributed by atoms with E-state index >= 15 is 0 Å². The number of piperazine rings is 1. The first-order valence-electron chi connectivity index (χ1n) is 11.3. The van der Waals surface area contributed by atoms with Crippen LogP contribution in [-0.4, -0.2) is 64.5 Å².